The van der Waals surface area contributed by atoms with Crippen LogP contribution in [0, 0.1) is 0 Å². The van der Waals surface area contributed by atoms with E-state index in [1.54, 1.807) is 38.1 Å². The van der Waals surface area contributed by atoms with E-state index in [1.165, 1.54) is 6.07 Å². The predicted molar refractivity (Wildman–Crippen MR) is 81.1 cm³/mol. The fraction of sp³-hybridized carbons (Fsp3) is 0.250. The molecule has 1 aromatic heterocycles. The van der Waals surface area contributed by atoms with Gasteiger partial charge in [-0.15, -0.1) is 0 Å². The Morgan fingerprint density at radius 1 is 1.05 bits per heavy atom. The van der Waals surface area contributed by atoms with Crippen LogP contribution in [-0.2, 0) is 9.47 Å². The fourth-order valence-electron chi connectivity index (χ4n) is 1.86. The zero-order valence-corrected chi connectivity index (χ0v) is 13.0. The van der Waals surface area contributed by atoms with Gasteiger partial charge in [0.05, 0.1) is 13.2 Å². The Labute approximate surface area is 132 Å². The zero-order valence-electron chi connectivity index (χ0n) is 12.2. The monoisotopic (exact) mass is 322 g/mol. The number of hydrogen-bond donors (Lipinski definition) is 0. The zero-order chi connectivity index (χ0) is 16.1. The second-order valence-corrected chi connectivity index (χ2v) is 4.74. The summed E-state index contributed by atoms with van der Waals surface area (Å²) in [4.78, 5) is 23.9. The number of halogens is 1. The molecule has 0 aliphatic heterocycles. The number of esters is 2. The Morgan fingerprint density at radius 2 is 1.64 bits per heavy atom. The van der Waals surface area contributed by atoms with E-state index in [-0.39, 0.29) is 24.5 Å². The van der Waals surface area contributed by atoms with Crippen molar-refractivity contribution in [1.29, 1.82) is 0 Å². The Kier molecular flexibility index (Phi) is 5.22. The molecule has 1 aromatic carbocycles. The van der Waals surface area contributed by atoms with Crippen LogP contribution in [0.2, 0.25) is 5.02 Å². The molecule has 22 heavy (non-hydrogen) atoms. The number of benzene rings is 1. The number of carbonyl (C=O) groups is 2. The molecule has 0 atom stereocenters. The molecule has 0 bridgehead atoms. The average Bonchev–Trinajstić information content (AvgIpc) is 2.94. The third kappa shape index (κ3) is 3.49. The first kappa shape index (κ1) is 16.1. The van der Waals surface area contributed by atoms with E-state index in [2.05, 4.69) is 0 Å². The van der Waals surface area contributed by atoms with Gasteiger partial charge in [-0.2, -0.15) is 0 Å². The minimum absolute atomic E-state index is 0.0465. The Bertz CT molecular complexity index is 637. The van der Waals surface area contributed by atoms with Crippen LogP contribution < -0.4 is 0 Å². The van der Waals surface area contributed by atoms with Crippen molar-refractivity contribution in [2.24, 2.45) is 0 Å². The summed E-state index contributed by atoms with van der Waals surface area (Å²) < 4.78 is 15.3. The number of ether oxygens (including phenoxy) is 2. The lowest BCUT2D eigenvalue weighted by Crippen LogP contribution is -2.11. The van der Waals surface area contributed by atoms with E-state index >= 15 is 0 Å². The van der Waals surface area contributed by atoms with E-state index in [0.29, 0.717) is 16.3 Å². The minimum Gasteiger partial charge on any atom is -0.462 e. The summed E-state index contributed by atoms with van der Waals surface area (Å²) >= 11 is 5.84. The van der Waals surface area contributed by atoms with Crippen LogP contribution in [0.15, 0.2) is 34.7 Å². The summed E-state index contributed by atoms with van der Waals surface area (Å²) in [6, 6.07) is 8.30. The summed E-state index contributed by atoms with van der Waals surface area (Å²) in [6.45, 7) is 3.73. The Balaban J connectivity index is 2.44. The molecule has 2 aromatic rings. The molecule has 0 saturated heterocycles. The van der Waals surface area contributed by atoms with Crippen molar-refractivity contribution in [2.75, 3.05) is 13.2 Å². The van der Waals surface area contributed by atoms with Crippen LogP contribution in [0.1, 0.15) is 34.8 Å². The van der Waals surface area contributed by atoms with Gasteiger partial charge in [0, 0.05) is 10.6 Å². The van der Waals surface area contributed by atoms with Crippen LogP contribution in [0.5, 0.6) is 0 Å². The highest BCUT2D eigenvalue weighted by molar-refractivity contribution is 6.30. The molecular formula is C16H15ClO5. The third-order valence-corrected chi connectivity index (χ3v) is 3.07. The molecule has 0 fully saturated rings. The third-order valence-electron chi connectivity index (χ3n) is 2.82. The molecule has 0 saturated carbocycles. The van der Waals surface area contributed by atoms with E-state index in [0.717, 1.165) is 0 Å². The largest absolute Gasteiger partial charge is 0.462 e. The van der Waals surface area contributed by atoms with Gasteiger partial charge in [0.1, 0.15) is 11.3 Å². The molecule has 6 heteroatoms. The van der Waals surface area contributed by atoms with Crippen molar-refractivity contribution >= 4 is 23.5 Å². The lowest BCUT2D eigenvalue weighted by Gasteiger charge is -2.02. The van der Waals surface area contributed by atoms with Crippen molar-refractivity contribution in [3.63, 3.8) is 0 Å². The summed E-state index contributed by atoms with van der Waals surface area (Å²) in [5.74, 6) is -1.13. The molecule has 0 aliphatic rings. The van der Waals surface area contributed by atoms with Gasteiger partial charge >= 0.3 is 11.9 Å². The van der Waals surface area contributed by atoms with Gasteiger partial charge in [-0.05, 0) is 44.2 Å². The smallest absolute Gasteiger partial charge is 0.375 e. The minimum atomic E-state index is -0.703. The summed E-state index contributed by atoms with van der Waals surface area (Å²) in [7, 11) is 0. The second-order valence-electron chi connectivity index (χ2n) is 4.30. The van der Waals surface area contributed by atoms with Crippen LogP contribution in [-0.4, -0.2) is 25.2 Å². The van der Waals surface area contributed by atoms with Gasteiger partial charge in [0.2, 0.25) is 5.76 Å². The van der Waals surface area contributed by atoms with Crippen molar-refractivity contribution in [1.82, 2.24) is 0 Å². The maximum absolute atomic E-state index is 12.0. The number of hydrogen-bond acceptors (Lipinski definition) is 5. The van der Waals surface area contributed by atoms with Crippen LogP contribution in [0.3, 0.4) is 0 Å². The lowest BCUT2D eigenvalue weighted by atomic mass is 10.1. The first-order valence-corrected chi connectivity index (χ1v) is 7.18. The molecule has 0 N–H and O–H groups in total. The van der Waals surface area contributed by atoms with Crippen molar-refractivity contribution < 1.29 is 23.5 Å². The van der Waals surface area contributed by atoms with Crippen molar-refractivity contribution in [3.05, 3.63) is 46.7 Å². The molecule has 1 heterocycles. The molecule has 0 amide bonds. The first-order valence-electron chi connectivity index (χ1n) is 6.80. The predicted octanol–water partition coefficient (Wildman–Crippen LogP) is 3.95. The van der Waals surface area contributed by atoms with E-state index in [1.807, 2.05) is 0 Å². The van der Waals surface area contributed by atoms with Gasteiger partial charge in [-0.3, -0.25) is 0 Å². The SMILES string of the molecule is CCOC(=O)c1cc(-c2ccc(Cl)cc2)oc1C(=O)OCC. The van der Waals surface area contributed by atoms with Gasteiger partial charge in [-0.25, -0.2) is 9.59 Å². The molecule has 5 nitrogen and oxygen atoms in total. The molecule has 0 unspecified atom stereocenters. The summed E-state index contributed by atoms with van der Waals surface area (Å²) in [5, 5.41) is 0.575. The van der Waals surface area contributed by atoms with Crippen molar-refractivity contribution in [3.8, 4) is 11.3 Å². The molecule has 2 rings (SSSR count). The average molecular weight is 323 g/mol. The highest BCUT2D eigenvalue weighted by atomic mass is 35.5. The summed E-state index contributed by atoms with van der Waals surface area (Å²) in [6.07, 6.45) is 0. The highest BCUT2D eigenvalue weighted by Gasteiger charge is 2.26. The molecule has 0 spiro atoms. The highest BCUT2D eigenvalue weighted by Crippen LogP contribution is 2.28. The molecule has 0 aliphatic carbocycles. The molecular weight excluding hydrogens is 308 g/mol. The summed E-state index contributed by atoms with van der Waals surface area (Å²) in [5.41, 5.74) is 0.732. The van der Waals surface area contributed by atoms with E-state index in [9.17, 15) is 9.59 Å². The van der Waals surface area contributed by atoms with Gasteiger partial charge < -0.3 is 13.9 Å². The van der Waals surface area contributed by atoms with E-state index in [4.69, 9.17) is 25.5 Å². The second kappa shape index (κ2) is 7.13. The van der Waals surface area contributed by atoms with Crippen LogP contribution >= 0.6 is 11.6 Å². The first-order chi connectivity index (χ1) is 10.6. The normalized spacial score (nSPS) is 10.3. The topological polar surface area (TPSA) is 65.7 Å². The van der Waals surface area contributed by atoms with Gasteiger partial charge in [-0.1, -0.05) is 11.6 Å². The van der Waals surface area contributed by atoms with Crippen LogP contribution in [0.4, 0.5) is 0 Å². The quantitative estimate of drug-likeness (QED) is 0.780. The standard InChI is InChI=1S/C16H15ClO5/c1-3-20-15(18)12-9-13(10-5-7-11(17)8-6-10)22-14(12)16(19)21-4-2/h5-9H,3-4H2,1-2H3. The Hall–Kier alpha value is -2.27. The van der Waals surface area contributed by atoms with Crippen molar-refractivity contribution in [2.45, 2.75) is 13.8 Å². The maximum atomic E-state index is 12.0. The van der Waals surface area contributed by atoms with Gasteiger partial charge in [0.25, 0.3) is 0 Å². The lowest BCUT2D eigenvalue weighted by molar-refractivity contribution is 0.0452. The van der Waals surface area contributed by atoms with E-state index < -0.39 is 11.9 Å². The molecule has 116 valence electrons. The fourth-order valence-corrected chi connectivity index (χ4v) is 1.98. The van der Waals surface area contributed by atoms with Crippen LogP contribution in [0.25, 0.3) is 11.3 Å². The number of rotatable bonds is 5. The Morgan fingerprint density at radius 3 is 2.23 bits per heavy atom. The van der Waals surface area contributed by atoms with Gasteiger partial charge in [0.15, 0.2) is 0 Å². The number of carbonyl (C=O) groups excluding carboxylic acids is 2. The maximum Gasteiger partial charge on any atom is 0.375 e. The number of furan rings is 1. The molecule has 0 radical (unpaired) electrons.